The zero-order valence-corrected chi connectivity index (χ0v) is 14.9. The van der Waals surface area contributed by atoms with Crippen molar-refractivity contribution in [1.29, 1.82) is 0 Å². The minimum atomic E-state index is -0.337. The summed E-state index contributed by atoms with van der Waals surface area (Å²) in [5.41, 5.74) is 1.42. The number of rotatable bonds is 6. The Bertz CT molecular complexity index is 693. The molecule has 24 heavy (non-hydrogen) atoms. The molecule has 0 heterocycles. The van der Waals surface area contributed by atoms with E-state index in [2.05, 4.69) is 15.5 Å². The number of likely N-dealkylation sites (N-methyl/N-ethyl adjacent to an activating group) is 1. The van der Waals surface area contributed by atoms with Crippen molar-refractivity contribution in [2.24, 2.45) is 0 Å². The molecule has 0 amide bonds. The van der Waals surface area contributed by atoms with Gasteiger partial charge in [-0.15, -0.1) is 0 Å². The number of anilines is 1. The van der Waals surface area contributed by atoms with E-state index in [0.717, 1.165) is 11.3 Å². The third kappa shape index (κ3) is 4.66. The van der Waals surface area contributed by atoms with Gasteiger partial charge in [0.25, 0.3) is 0 Å². The van der Waals surface area contributed by atoms with Crippen LogP contribution in [0, 0.1) is 5.82 Å². The Morgan fingerprint density at radius 1 is 1.17 bits per heavy atom. The van der Waals surface area contributed by atoms with Crippen molar-refractivity contribution in [3.05, 3.63) is 59.9 Å². The fourth-order valence-electron chi connectivity index (χ4n) is 2.43. The van der Waals surface area contributed by atoms with Gasteiger partial charge in [-0.1, -0.05) is 30.3 Å². The monoisotopic (exact) mass is 347 g/mol. The zero-order valence-electron chi connectivity index (χ0n) is 14.0. The molecule has 0 spiro atoms. The summed E-state index contributed by atoms with van der Waals surface area (Å²) in [6.45, 7) is 0.563. The summed E-state index contributed by atoms with van der Waals surface area (Å²) in [5, 5.41) is 6.40. The molecular formula is C18H22FN3OS. The summed E-state index contributed by atoms with van der Waals surface area (Å²) in [7, 11) is 5.64. The number of thiocarbonyl (C=S) groups is 1. The Hall–Kier alpha value is -2.18. The van der Waals surface area contributed by atoms with E-state index >= 15 is 0 Å². The minimum Gasteiger partial charge on any atom is -0.496 e. The van der Waals surface area contributed by atoms with Gasteiger partial charge in [0.1, 0.15) is 11.6 Å². The van der Waals surface area contributed by atoms with Crippen LogP contribution in [0.25, 0.3) is 0 Å². The molecule has 0 bridgehead atoms. The molecule has 6 heteroatoms. The lowest BCUT2D eigenvalue weighted by molar-refractivity contribution is 0.288. The first kappa shape index (κ1) is 18.2. The third-order valence-electron chi connectivity index (χ3n) is 3.70. The molecule has 0 aliphatic heterocycles. The first-order valence-electron chi connectivity index (χ1n) is 7.61. The highest BCUT2D eigenvalue weighted by Crippen LogP contribution is 2.27. The topological polar surface area (TPSA) is 36.5 Å². The molecule has 4 nitrogen and oxygen atoms in total. The summed E-state index contributed by atoms with van der Waals surface area (Å²) < 4.78 is 19.1. The number of hydrogen-bond acceptors (Lipinski definition) is 3. The highest BCUT2D eigenvalue weighted by atomic mass is 32.1. The van der Waals surface area contributed by atoms with Gasteiger partial charge in [-0.05, 0) is 44.5 Å². The van der Waals surface area contributed by atoms with E-state index in [-0.39, 0.29) is 11.9 Å². The van der Waals surface area contributed by atoms with Crippen LogP contribution < -0.4 is 15.4 Å². The highest BCUT2D eigenvalue weighted by molar-refractivity contribution is 7.80. The number of nitrogens with one attached hydrogen (secondary N) is 2. The SMILES string of the molecule is COc1ccccc1[C@H](CNC(=S)Nc1ccccc1F)N(C)C. The standard InChI is InChI=1S/C18H22FN3OS/c1-22(2)16(13-8-4-7-11-17(13)23-3)12-20-18(24)21-15-10-6-5-9-14(15)19/h4-11,16H,12H2,1-3H3,(H2,20,21,24)/t16-/m0/s1. The Labute approximate surface area is 147 Å². The summed E-state index contributed by atoms with van der Waals surface area (Å²) in [6.07, 6.45) is 0. The van der Waals surface area contributed by atoms with Gasteiger partial charge in [-0.3, -0.25) is 0 Å². The predicted molar refractivity (Wildman–Crippen MR) is 100 cm³/mol. The van der Waals surface area contributed by atoms with E-state index in [1.807, 2.05) is 38.4 Å². The third-order valence-corrected chi connectivity index (χ3v) is 3.95. The van der Waals surface area contributed by atoms with Gasteiger partial charge < -0.3 is 20.3 Å². The molecule has 0 saturated heterocycles. The summed E-state index contributed by atoms with van der Waals surface area (Å²) in [6, 6.07) is 14.4. The highest BCUT2D eigenvalue weighted by Gasteiger charge is 2.18. The van der Waals surface area contributed by atoms with Crippen LogP contribution in [-0.4, -0.2) is 37.8 Å². The van der Waals surface area contributed by atoms with Crippen molar-refractivity contribution in [3.8, 4) is 5.75 Å². The van der Waals surface area contributed by atoms with Crippen LogP contribution >= 0.6 is 12.2 Å². The lowest BCUT2D eigenvalue weighted by atomic mass is 10.0. The maximum Gasteiger partial charge on any atom is 0.170 e. The second kappa shape index (κ2) is 8.61. The molecule has 2 aromatic rings. The maximum absolute atomic E-state index is 13.7. The van der Waals surface area contributed by atoms with Crippen molar-refractivity contribution in [2.75, 3.05) is 33.1 Å². The van der Waals surface area contributed by atoms with E-state index in [1.54, 1.807) is 25.3 Å². The first-order chi connectivity index (χ1) is 11.5. The average Bonchev–Trinajstić information content (AvgIpc) is 2.57. The number of halogens is 1. The molecular weight excluding hydrogens is 325 g/mol. The molecule has 0 saturated carbocycles. The predicted octanol–water partition coefficient (Wildman–Crippen LogP) is 3.42. The van der Waals surface area contributed by atoms with Crippen molar-refractivity contribution in [1.82, 2.24) is 10.2 Å². The second-order valence-corrected chi connectivity index (χ2v) is 5.94. The molecule has 0 unspecified atom stereocenters. The normalized spacial score (nSPS) is 11.9. The van der Waals surface area contributed by atoms with E-state index in [4.69, 9.17) is 17.0 Å². The van der Waals surface area contributed by atoms with Crippen molar-refractivity contribution < 1.29 is 9.13 Å². The van der Waals surface area contributed by atoms with Crippen LogP contribution in [0.15, 0.2) is 48.5 Å². The van der Waals surface area contributed by atoms with Gasteiger partial charge in [0.15, 0.2) is 5.11 Å². The Balaban J connectivity index is 2.04. The zero-order chi connectivity index (χ0) is 17.5. The number of nitrogens with zero attached hydrogens (tertiary/aromatic N) is 1. The second-order valence-electron chi connectivity index (χ2n) is 5.54. The molecule has 2 N–H and O–H groups in total. The molecule has 0 aliphatic rings. The van der Waals surface area contributed by atoms with Gasteiger partial charge in [-0.2, -0.15) is 0 Å². The van der Waals surface area contributed by atoms with E-state index < -0.39 is 0 Å². The van der Waals surface area contributed by atoms with Crippen molar-refractivity contribution in [3.63, 3.8) is 0 Å². The molecule has 0 fully saturated rings. The quantitative estimate of drug-likeness (QED) is 0.783. The van der Waals surface area contributed by atoms with Crippen LogP contribution in [0.5, 0.6) is 5.75 Å². The average molecular weight is 347 g/mol. The minimum absolute atomic E-state index is 0.0570. The molecule has 1 atom stereocenters. The molecule has 0 radical (unpaired) electrons. The fourth-order valence-corrected chi connectivity index (χ4v) is 2.62. The number of ether oxygens (including phenoxy) is 1. The summed E-state index contributed by atoms with van der Waals surface area (Å²) in [5.74, 6) is 0.488. The summed E-state index contributed by atoms with van der Waals surface area (Å²) in [4.78, 5) is 2.08. The van der Waals surface area contributed by atoms with Gasteiger partial charge >= 0.3 is 0 Å². The van der Waals surface area contributed by atoms with Gasteiger partial charge in [-0.25, -0.2) is 4.39 Å². The first-order valence-corrected chi connectivity index (χ1v) is 8.02. The van der Waals surface area contributed by atoms with E-state index in [9.17, 15) is 4.39 Å². The van der Waals surface area contributed by atoms with Crippen LogP contribution in [0.1, 0.15) is 11.6 Å². The van der Waals surface area contributed by atoms with E-state index in [0.29, 0.717) is 17.3 Å². The molecule has 128 valence electrons. The van der Waals surface area contributed by atoms with Crippen LogP contribution in [0.3, 0.4) is 0 Å². The van der Waals surface area contributed by atoms with E-state index in [1.165, 1.54) is 6.07 Å². The maximum atomic E-state index is 13.7. The number of methoxy groups -OCH3 is 1. The summed E-state index contributed by atoms with van der Waals surface area (Å²) >= 11 is 5.27. The lowest BCUT2D eigenvalue weighted by Crippen LogP contribution is -2.37. The number of hydrogen-bond donors (Lipinski definition) is 2. The van der Waals surface area contributed by atoms with Gasteiger partial charge in [0, 0.05) is 12.1 Å². The molecule has 2 aromatic carbocycles. The smallest absolute Gasteiger partial charge is 0.170 e. The fraction of sp³-hybridized carbons (Fsp3) is 0.278. The van der Waals surface area contributed by atoms with Crippen LogP contribution in [0.4, 0.5) is 10.1 Å². The number of para-hydroxylation sites is 2. The Morgan fingerprint density at radius 3 is 2.50 bits per heavy atom. The Morgan fingerprint density at radius 2 is 1.83 bits per heavy atom. The molecule has 0 aliphatic carbocycles. The van der Waals surface area contributed by atoms with Crippen molar-refractivity contribution in [2.45, 2.75) is 6.04 Å². The van der Waals surface area contributed by atoms with Crippen LogP contribution in [0.2, 0.25) is 0 Å². The number of benzene rings is 2. The van der Waals surface area contributed by atoms with Crippen LogP contribution in [-0.2, 0) is 0 Å². The lowest BCUT2D eigenvalue weighted by Gasteiger charge is -2.27. The van der Waals surface area contributed by atoms with Gasteiger partial charge in [0.2, 0.25) is 0 Å². The molecule has 2 rings (SSSR count). The van der Waals surface area contributed by atoms with Gasteiger partial charge in [0.05, 0.1) is 18.8 Å². The van der Waals surface area contributed by atoms with Crippen molar-refractivity contribution >= 4 is 23.0 Å². The largest absolute Gasteiger partial charge is 0.496 e. The molecule has 0 aromatic heterocycles. The Kier molecular flexibility index (Phi) is 6.52.